The molecule has 272 valence electrons. The molecule has 0 bridgehead atoms. The number of para-hydroxylation sites is 1. The second kappa shape index (κ2) is 12.2. The lowest BCUT2D eigenvalue weighted by molar-refractivity contribution is 0.795. The van der Waals surface area contributed by atoms with Crippen molar-refractivity contribution < 1.29 is 0 Å². The van der Waals surface area contributed by atoms with Gasteiger partial charge in [-0.2, -0.15) is 0 Å². The number of nitrogens with zero attached hydrogens (tertiary/aromatic N) is 2. The highest BCUT2D eigenvalue weighted by Crippen LogP contribution is 2.64. The molecule has 2 aliphatic carbocycles. The Labute approximate surface area is 341 Å². The molecular weight excluding hydrogens is 713 g/mol. The van der Waals surface area contributed by atoms with E-state index in [0.717, 1.165) is 33.5 Å². The van der Waals surface area contributed by atoms with Crippen LogP contribution in [0.5, 0.6) is 0 Å². The molecule has 1 heterocycles. The van der Waals surface area contributed by atoms with Gasteiger partial charge < -0.3 is 0 Å². The van der Waals surface area contributed by atoms with Crippen molar-refractivity contribution in [1.29, 1.82) is 0 Å². The highest BCUT2D eigenvalue weighted by molar-refractivity contribution is 6.26. The molecule has 13 rings (SSSR count). The summed E-state index contributed by atoms with van der Waals surface area (Å²) in [4.78, 5) is 10.8. The third-order valence-corrected chi connectivity index (χ3v) is 13.1. The summed E-state index contributed by atoms with van der Waals surface area (Å²) in [7, 11) is 0. The second-order valence-electron chi connectivity index (χ2n) is 16.0. The molecule has 1 unspecified atom stereocenters. The maximum Gasteiger partial charge on any atom is 0.161 e. The van der Waals surface area contributed by atoms with E-state index in [0.29, 0.717) is 0 Å². The normalized spacial score (nSPS) is 14.8. The van der Waals surface area contributed by atoms with Gasteiger partial charge in [0.25, 0.3) is 0 Å². The van der Waals surface area contributed by atoms with Crippen LogP contribution in [0, 0.1) is 0 Å². The first-order valence-electron chi connectivity index (χ1n) is 20.4. The second-order valence-corrected chi connectivity index (χ2v) is 16.0. The lowest BCUT2D eigenvalue weighted by Gasteiger charge is -2.31. The van der Waals surface area contributed by atoms with E-state index in [1.54, 1.807) is 0 Å². The first kappa shape index (κ1) is 32.4. The number of hydrogen-bond donors (Lipinski definition) is 0. The quantitative estimate of drug-likeness (QED) is 0.168. The number of hydrogen-bond acceptors (Lipinski definition) is 2. The number of rotatable bonds is 3. The fourth-order valence-electron chi connectivity index (χ4n) is 10.6. The fourth-order valence-corrected chi connectivity index (χ4v) is 10.6. The molecule has 2 aliphatic rings. The van der Waals surface area contributed by atoms with E-state index in [-0.39, 0.29) is 0 Å². The van der Waals surface area contributed by atoms with E-state index in [4.69, 9.17) is 9.97 Å². The molecule has 0 saturated carbocycles. The molecule has 1 atom stereocenters. The predicted octanol–water partition coefficient (Wildman–Crippen LogP) is 14.4. The Morgan fingerprint density at radius 3 is 1.53 bits per heavy atom. The summed E-state index contributed by atoms with van der Waals surface area (Å²) in [5.74, 6) is 0.733. The molecule has 0 fully saturated rings. The van der Waals surface area contributed by atoms with Crippen LogP contribution in [0.2, 0.25) is 0 Å². The van der Waals surface area contributed by atoms with Crippen molar-refractivity contribution in [2.75, 3.05) is 0 Å². The van der Waals surface area contributed by atoms with E-state index < -0.39 is 5.41 Å². The zero-order valence-corrected chi connectivity index (χ0v) is 32.0. The lowest BCUT2D eigenvalue weighted by atomic mass is 9.70. The number of benzene rings is 10. The maximum absolute atomic E-state index is 5.49. The van der Waals surface area contributed by atoms with E-state index in [9.17, 15) is 0 Å². The minimum absolute atomic E-state index is 0.526. The Hall–Kier alpha value is -7.68. The molecule has 0 amide bonds. The zero-order chi connectivity index (χ0) is 38.7. The largest absolute Gasteiger partial charge is 0.228 e. The van der Waals surface area contributed by atoms with Crippen molar-refractivity contribution >= 4 is 43.2 Å². The van der Waals surface area contributed by atoms with Crippen LogP contribution in [0.25, 0.3) is 99.2 Å². The standard InChI is InChI=1S/C57H34N2/c1-2-15-35(16-3-1)36-29-31-37(32-30-36)55-44-23-10-13-28-53(44)58-56(59-55)45-24-14-27-51-54(45)43-22-9-12-26-50(43)57(51)49-25-11-8-21-42(49)48-33-46-40-19-6-4-17-38(40)39-18-5-7-20-41(39)47(46)34-52(48)57/h1-34H. The Bertz CT molecular complexity index is 3550. The smallest absolute Gasteiger partial charge is 0.161 e. The SMILES string of the molecule is c1ccc(-c2ccc(-c3nc(-c4cccc5c4-c4ccccc4C54c5ccccc5-c5cc6c7ccccc7c7ccccc7c6cc54)nc4ccccc34)cc2)cc1. The Kier molecular flexibility index (Phi) is 6.68. The monoisotopic (exact) mass is 746 g/mol. The Morgan fingerprint density at radius 2 is 0.797 bits per heavy atom. The van der Waals surface area contributed by atoms with Crippen molar-refractivity contribution in [1.82, 2.24) is 9.97 Å². The molecule has 10 aromatic carbocycles. The minimum Gasteiger partial charge on any atom is -0.228 e. The fraction of sp³-hybridized carbons (Fsp3) is 0.0175. The van der Waals surface area contributed by atoms with Crippen LogP contribution in [-0.4, -0.2) is 9.97 Å². The topological polar surface area (TPSA) is 25.8 Å². The summed E-state index contributed by atoms with van der Waals surface area (Å²) in [6, 6.07) is 75.5. The molecule has 1 aromatic heterocycles. The average Bonchev–Trinajstić information content (AvgIpc) is 3.78. The molecule has 59 heavy (non-hydrogen) atoms. The minimum atomic E-state index is -0.526. The summed E-state index contributed by atoms with van der Waals surface area (Å²) in [5.41, 5.74) is 16.1. The van der Waals surface area contributed by atoms with Gasteiger partial charge in [-0.15, -0.1) is 0 Å². The highest BCUT2D eigenvalue weighted by atomic mass is 14.9. The number of aromatic nitrogens is 2. The average molecular weight is 747 g/mol. The van der Waals surface area contributed by atoms with Crippen molar-refractivity contribution in [2.45, 2.75) is 5.41 Å². The van der Waals surface area contributed by atoms with E-state index in [1.165, 1.54) is 88.0 Å². The summed E-state index contributed by atoms with van der Waals surface area (Å²) in [5, 5.41) is 8.76. The first-order valence-corrected chi connectivity index (χ1v) is 20.4. The summed E-state index contributed by atoms with van der Waals surface area (Å²) < 4.78 is 0. The van der Waals surface area contributed by atoms with Crippen LogP contribution in [0.3, 0.4) is 0 Å². The van der Waals surface area contributed by atoms with Crippen LogP contribution in [-0.2, 0) is 5.41 Å². The van der Waals surface area contributed by atoms with Crippen molar-refractivity contribution in [3.63, 3.8) is 0 Å². The third kappa shape index (κ3) is 4.40. The summed E-state index contributed by atoms with van der Waals surface area (Å²) in [6.07, 6.45) is 0. The zero-order valence-electron chi connectivity index (χ0n) is 32.0. The molecule has 1 spiro atoms. The van der Waals surface area contributed by atoms with Gasteiger partial charge in [-0.05, 0) is 106 Å². The van der Waals surface area contributed by atoms with E-state index in [1.807, 2.05) is 0 Å². The van der Waals surface area contributed by atoms with Crippen molar-refractivity contribution in [3.8, 4) is 56.0 Å². The van der Waals surface area contributed by atoms with Gasteiger partial charge in [0.05, 0.1) is 16.6 Å². The van der Waals surface area contributed by atoms with Crippen LogP contribution in [0.1, 0.15) is 22.3 Å². The van der Waals surface area contributed by atoms with Crippen molar-refractivity contribution in [3.05, 3.63) is 229 Å². The molecule has 0 radical (unpaired) electrons. The third-order valence-electron chi connectivity index (χ3n) is 13.1. The molecule has 2 nitrogen and oxygen atoms in total. The Morgan fingerprint density at radius 1 is 0.288 bits per heavy atom. The van der Waals surface area contributed by atoms with Crippen molar-refractivity contribution in [2.24, 2.45) is 0 Å². The van der Waals surface area contributed by atoms with Crippen LogP contribution < -0.4 is 0 Å². The van der Waals surface area contributed by atoms with E-state index in [2.05, 4.69) is 206 Å². The van der Waals surface area contributed by atoms with Gasteiger partial charge in [-0.3, -0.25) is 0 Å². The maximum atomic E-state index is 5.49. The molecular formula is C57H34N2. The lowest BCUT2D eigenvalue weighted by Crippen LogP contribution is -2.25. The molecule has 11 aromatic rings. The summed E-state index contributed by atoms with van der Waals surface area (Å²) in [6.45, 7) is 0. The highest BCUT2D eigenvalue weighted by Gasteiger charge is 2.52. The van der Waals surface area contributed by atoms with Crippen LogP contribution in [0.15, 0.2) is 206 Å². The van der Waals surface area contributed by atoms with Gasteiger partial charge in [-0.25, -0.2) is 9.97 Å². The molecule has 0 N–H and O–H groups in total. The van der Waals surface area contributed by atoms with Gasteiger partial charge >= 0.3 is 0 Å². The molecule has 0 aliphatic heterocycles. The van der Waals surface area contributed by atoms with Gasteiger partial charge in [0.15, 0.2) is 5.82 Å². The van der Waals surface area contributed by atoms with Gasteiger partial charge in [0.1, 0.15) is 0 Å². The van der Waals surface area contributed by atoms with Gasteiger partial charge in [-0.1, -0.05) is 188 Å². The molecule has 2 heteroatoms. The predicted molar refractivity (Wildman–Crippen MR) is 245 cm³/mol. The first-order chi connectivity index (χ1) is 29.3. The molecule has 0 saturated heterocycles. The van der Waals surface area contributed by atoms with Gasteiger partial charge in [0, 0.05) is 16.5 Å². The Balaban J connectivity index is 1.09. The van der Waals surface area contributed by atoms with E-state index >= 15 is 0 Å². The van der Waals surface area contributed by atoms with Crippen LogP contribution >= 0.6 is 0 Å². The van der Waals surface area contributed by atoms with Gasteiger partial charge in [0.2, 0.25) is 0 Å². The number of fused-ring (bicyclic) bond motifs is 17. The van der Waals surface area contributed by atoms with Crippen LogP contribution in [0.4, 0.5) is 0 Å². The summed E-state index contributed by atoms with van der Waals surface area (Å²) >= 11 is 0.